The first kappa shape index (κ1) is 14.3. The summed E-state index contributed by atoms with van der Waals surface area (Å²) in [5.74, 6) is -0.211. The SMILES string of the molecule is C[C@@H]1CN(Cc2cc(O)ccc2Br)C[C@H](C(N)=O)O1. The number of aromatic hydroxyl groups is 1. The van der Waals surface area contributed by atoms with Crippen molar-refractivity contribution >= 4 is 21.8 Å². The number of phenols is 1. The molecule has 0 aliphatic carbocycles. The second kappa shape index (κ2) is 5.90. The number of halogens is 1. The van der Waals surface area contributed by atoms with E-state index in [4.69, 9.17) is 10.5 Å². The zero-order valence-electron chi connectivity index (χ0n) is 10.7. The standard InChI is InChI=1S/C13H17BrN2O3/c1-8-5-16(7-12(19-8)13(15)18)6-9-4-10(17)2-3-11(9)14/h2-4,8,12,17H,5-7H2,1H3,(H2,15,18)/t8-,12-/m1/s1. The van der Waals surface area contributed by atoms with Gasteiger partial charge in [0, 0.05) is 24.1 Å². The number of ether oxygens (including phenoxy) is 1. The summed E-state index contributed by atoms with van der Waals surface area (Å²) in [4.78, 5) is 13.3. The van der Waals surface area contributed by atoms with Crippen LogP contribution in [0.5, 0.6) is 5.75 Å². The third-order valence-electron chi connectivity index (χ3n) is 3.08. The smallest absolute Gasteiger partial charge is 0.247 e. The maximum absolute atomic E-state index is 11.2. The van der Waals surface area contributed by atoms with Crippen molar-refractivity contribution in [2.45, 2.75) is 25.7 Å². The summed E-state index contributed by atoms with van der Waals surface area (Å²) in [6.45, 7) is 3.75. The van der Waals surface area contributed by atoms with E-state index in [2.05, 4.69) is 20.8 Å². The highest BCUT2D eigenvalue weighted by atomic mass is 79.9. The van der Waals surface area contributed by atoms with Crippen molar-refractivity contribution in [1.29, 1.82) is 0 Å². The highest BCUT2D eigenvalue weighted by Crippen LogP contribution is 2.24. The second-order valence-corrected chi connectivity index (χ2v) is 5.66. The highest BCUT2D eigenvalue weighted by Gasteiger charge is 2.29. The van der Waals surface area contributed by atoms with E-state index in [0.29, 0.717) is 13.1 Å². The molecule has 1 aromatic carbocycles. The monoisotopic (exact) mass is 328 g/mol. The number of hydrogen-bond acceptors (Lipinski definition) is 4. The predicted molar refractivity (Wildman–Crippen MR) is 74.6 cm³/mol. The molecule has 1 aliphatic rings. The van der Waals surface area contributed by atoms with E-state index in [0.717, 1.165) is 16.6 Å². The van der Waals surface area contributed by atoms with Gasteiger partial charge in [-0.2, -0.15) is 0 Å². The topological polar surface area (TPSA) is 75.8 Å². The zero-order valence-corrected chi connectivity index (χ0v) is 12.3. The average Bonchev–Trinajstić information content (AvgIpc) is 2.33. The van der Waals surface area contributed by atoms with E-state index < -0.39 is 12.0 Å². The first-order chi connectivity index (χ1) is 8.95. The van der Waals surface area contributed by atoms with Gasteiger partial charge in [0.2, 0.25) is 5.91 Å². The van der Waals surface area contributed by atoms with Crippen LogP contribution in [0.25, 0.3) is 0 Å². The number of carbonyl (C=O) groups excluding carboxylic acids is 1. The fourth-order valence-corrected chi connectivity index (χ4v) is 2.62. The number of benzene rings is 1. The summed E-state index contributed by atoms with van der Waals surface area (Å²) in [6, 6.07) is 5.14. The first-order valence-electron chi connectivity index (χ1n) is 6.10. The molecule has 0 bridgehead atoms. The molecule has 5 nitrogen and oxygen atoms in total. The van der Waals surface area contributed by atoms with Crippen molar-refractivity contribution in [2.24, 2.45) is 5.73 Å². The van der Waals surface area contributed by atoms with Gasteiger partial charge in [-0.1, -0.05) is 15.9 Å². The fraction of sp³-hybridized carbons (Fsp3) is 0.462. The number of hydrogen-bond donors (Lipinski definition) is 2. The predicted octanol–water partition coefficient (Wildman–Crippen LogP) is 1.23. The Balaban J connectivity index is 2.09. The molecule has 3 N–H and O–H groups in total. The Kier molecular flexibility index (Phi) is 4.44. The molecule has 19 heavy (non-hydrogen) atoms. The molecular weight excluding hydrogens is 312 g/mol. The number of rotatable bonds is 3. The Morgan fingerprint density at radius 2 is 2.32 bits per heavy atom. The van der Waals surface area contributed by atoms with Crippen LogP contribution in [-0.4, -0.2) is 41.2 Å². The van der Waals surface area contributed by atoms with E-state index in [9.17, 15) is 9.90 Å². The molecule has 0 aromatic heterocycles. The second-order valence-electron chi connectivity index (χ2n) is 4.81. The Hall–Kier alpha value is -1.11. The molecule has 1 aromatic rings. The molecular formula is C13H17BrN2O3. The third kappa shape index (κ3) is 3.68. The lowest BCUT2D eigenvalue weighted by Gasteiger charge is -2.35. The van der Waals surface area contributed by atoms with Gasteiger partial charge in [-0.25, -0.2) is 0 Å². The minimum Gasteiger partial charge on any atom is -0.508 e. The Bertz CT molecular complexity index is 481. The number of morpholine rings is 1. The third-order valence-corrected chi connectivity index (χ3v) is 3.85. The summed E-state index contributed by atoms with van der Waals surface area (Å²) in [5, 5.41) is 9.52. The van der Waals surface area contributed by atoms with Gasteiger partial charge in [-0.3, -0.25) is 9.69 Å². The molecule has 1 aliphatic heterocycles. The van der Waals surface area contributed by atoms with Gasteiger partial charge in [-0.15, -0.1) is 0 Å². The summed E-state index contributed by atoms with van der Waals surface area (Å²) >= 11 is 3.46. The van der Waals surface area contributed by atoms with Crippen molar-refractivity contribution < 1.29 is 14.6 Å². The Morgan fingerprint density at radius 1 is 1.58 bits per heavy atom. The van der Waals surface area contributed by atoms with Crippen molar-refractivity contribution in [3.05, 3.63) is 28.2 Å². The van der Waals surface area contributed by atoms with Crippen LogP contribution >= 0.6 is 15.9 Å². The van der Waals surface area contributed by atoms with Gasteiger partial charge in [0.15, 0.2) is 0 Å². The number of phenolic OH excluding ortho intramolecular Hbond substituents is 1. The lowest BCUT2D eigenvalue weighted by atomic mass is 10.1. The number of primary amides is 1. The normalized spacial score (nSPS) is 24.3. The lowest BCUT2D eigenvalue weighted by molar-refractivity contribution is -0.142. The molecule has 6 heteroatoms. The van der Waals surface area contributed by atoms with Gasteiger partial charge in [0.05, 0.1) is 6.10 Å². The quantitative estimate of drug-likeness (QED) is 0.875. The van der Waals surface area contributed by atoms with Crippen molar-refractivity contribution in [3.8, 4) is 5.75 Å². The summed E-state index contributed by atoms with van der Waals surface area (Å²) in [7, 11) is 0. The van der Waals surface area contributed by atoms with Crippen LogP contribution in [0.2, 0.25) is 0 Å². The Morgan fingerprint density at radius 3 is 3.00 bits per heavy atom. The molecule has 1 saturated heterocycles. The van der Waals surface area contributed by atoms with Crippen LogP contribution in [0, 0.1) is 0 Å². The first-order valence-corrected chi connectivity index (χ1v) is 6.89. The highest BCUT2D eigenvalue weighted by molar-refractivity contribution is 9.10. The minimum atomic E-state index is -0.570. The summed E-state index contributed by atoms with van der Waals surface area (Å²) in [5.41, 5.74) is 6.27. The van der Waals surface area contributed by atoms with Crippen molar-refractivity contribution in [2.75, 3.05) is 13.1 Å². The van der Waals surface area contributed by atoms with Crippen LogP contribution in [0.3, 0.4) is 0 Å². The van der Waals surface area contributed by atoms with Crippen LogP contribution < -0.4 is 5.73 Å². The molecule has 1 amide bonds. The van der Waals surface area contributed by atoms with Gasteiger partial charge >= 0.3 is 0 Å². The average molecular weight is 329 g/mol. The molecule has 0 saturated carbocycles. The van der Waals surface area contributed by atoms with E-state index in [-0.39, 0.29) is 11.9 Å². The van der Waals surface area contributed by atoms with Gasteiger partial charge in [0.25, 0.3) is 0 Å². The zero-order chi connectivity index (χ0) is 14.0. The van der Waals surface area contributed by atoms with Crippen molar-refractivity contribution in [3.63, 3.8) is 0 Å². The van der Waals surface area contributed by atoms with E-state index in [1.54, 1.807) is 18.2 Å². The lowest BCUT2D eigenvalue weighted by Crippen LogP contribution is -2.51. The fourth-order valence-electron chi connectivity index (χ4n) is 2.25. The maximum atomic E-state index is 11.2. The van der Waals surface area contributed by atoms with E-state index in [1.165, 1.54) is 0 Å². The Labute approximate surface area is 120 Å². The number of nitrogens with zero attached hydrogens (tertiary/aromatic N) is 1. The molecule has 0 unspecified atom stereocenters. The molecule has 2 rings (SSSR count). The van der Waals surface area contributed by atoms with Gasteiger partial charge in [-0.05, 0) is 30.7 Å². The summed E-state index contributed by atoms with van der Waals surface area (Å²) < 4.78 is 6.42. The molecule has 1 fully saturated rings. The molecule has 0 radical (unpaired) electrons. The van der Waals surface area contributed by atoms with Crippen LogP contribution in [0.15, 0.2) is 22.7 Å². The van der Waals surface area contributed by atoms with Crippen molar-refractivity contribution in [1.82, 2.24) is 4.90 Å². The maximum Gasteiger partial charge on any atom is 0.247 e. The van der Waals surface area contributed by atoms with Crippen LogP contribution in [0.1, 0.15) is 12.5 Å². The minimum absolute atomic E-state index is 0.0395. The number of carbonyl (C=O) groups is 1. The molecule has 0 spiro atoms. The largest absolute Gasteiger partial charge is 0.508 e. The van der Waals surface area contributed by atoms with E-state index in [1.807, 2.05) is 6.92 Å². The number of amides is 1. The molecule has 2 atom stereocenters. The number of nitrogens with two attached hydrogens (primary N) is 1. The molecule has 1 heterocycles. The van der Waals surface area contributed by atoms with Crippen LogP contribution in [-0.2, 0) is 16.1 Å². The molecule has 104 valence electrons. The summed E-state index contributed by atoms with van der Waals surface area (Å²) in [6.07, 6.45) is -0.609. The van der Waals surface area contributed by atoms with Crippen LogP contribution in [0.4, 0.5) is 0 Å². The van der Waals surface area contributed by atoms with Gasteiger partial charge in [0.1, 0.15) is 11.9 Å². The van der Waals surface area contributed by atoms with E-state index >= 15 is 0 Å². The van der Waals surface area contributed by atoms with Gasteiger partial charge < -0.3 is 15.6 Å².